The number of benzene rings is 1. The number of allylic oxidation sites excluding steroid dienone is 1. The van der Waals surface area contributed by atoms with E-state index in [0.29, 0.717) is 11.4 Å². The SMILES string of the molecule is NC=C(C#Cc1ccccc1)C=Nc1nccnc1N. The van der Waals surface area contributed by atoms with Crippen molar-refractivity contribution < 1.29 is 0 Å². The lowest BCUT2D eigenvalue weighted by atomic mass is 10.2. The zero-order chi connectivity index (χ0) is 14.2. The van der Waals surface area contributed by atoms with Crippen molar-refractivity contribution in [3.05, 3.63) is 60.1 Å². The Labute approximate surface area is 117 Å². The van der Waals surface area contributed by atoms with Gasteiger partial charge in [-0.1, -0.05) is 30.0 Å². The van der Waals surface area contributed by atoms with Gasteiger partial charge in [0.2, 0.25) is 0 Å². The molecule has 4 N–H and O–H groups in total. The minimum absolute atomic E-state index is 0.260. The monoisotopic (exact) mass is 263 g/mol. The summed E-state index contributed by atoms with van der Waals surface area (Å²) in [7, 11) is 0. The maximum absolute atomic E-state index is 5.64. The molecule has 98 valence electrons. The van der Waals surface area contributed by atoms with Gasteiger partial charge >= 0.3 is 0 Å². The lowest BCUT2D eigenvalue weighted by molar-refractivity contribution is 1.19. The van der Waals surface area contributed by atoms with Crippen molar-refractivity contribution in [3.8, 4) is 11.8 Å². The standard InChI is InChI=1S/C15H13N5/c16-10-13(7-6-12-4-2-1-3-5-12)11-20-15-14(17)18-8-9-19-15/h1-5,8-11H,16H2,(H2,17,18). The molecular formula is C15H13N5. The molecule has 20 heavy (non-hydrogen) atoms. The minimum atomic E-state index is 0.260. The Morgan fingerprint density at radius 2 is 1.90 bits per heavy atom. The highest BCUT2D eigenvalue weighted by molar-refractivity contribution is 5.87. The smallest absolute Gasteiger partial charge is 0.195 e. The molecule has 2 aromatic rings. The topological polar surface area (TPSA) is 90.2 Å². The molecule has 1 heterocycles. The first-order valence-corrected chi connectivity index (χ1v) is 5.89. The molecule has 0 aliphatic heterocycles. The molecule has 0 radical (unpaired) electrons. The normalized spacial score (nSPS) is 11.1. The maximum atomic E-state index is 5.64. The largest absolute Gasteiger partial charge is 0.404 e. The summed E-state index contributed by atoms with van der Waals surface area (Å²) in [5, 5.41) is 0. The summed E-state index contributed by atoms with van der Waals surface area (Å²) in [5.41, 5.74) is 12.6. The van der Waals surface area contributed by atoms with Gasteiger partial charge in [0.25, 0.3) is 0 Å². The van der Waals surface area contributed by atoms with Gasteiger partial charge in [-0.25, -0.2) is 15.0 Å². The van der Waals surface area contributed by atoms with Gasteiger partial charge in [-0.15, -0.1) is 0 Å². The van der Waals surface area contributed by atoms with Gasteiger partial charge in [-0.2, -0.15) is 0 Å². The Kier molecular flexibility index (Phi) is 4.46. The van der Waals surface area contributed by atoms with Crippen LogP contribution in [-0.2, 0) is 0 Å². The Balaban J connectivity index is 2.16. The molecule has 0 amide bonds. The number of hydrogen-bond donors (Lipinski definition) is 2. The van der Waals surface area contributed by atoms with Gasteiger partial charge in [0.15, 0.2) is 11.6 Å². The highest BCUT2D eigenvalue weighted by Gasteiger charge is 1.96. The number of nitrogens with zero attached hydrogens (tertiary/aromatic N) is 3. The molecule has 1 aromatic carbocycles. The lowest BCUT2D eigenvalue weighted by Crippen LogP contribution is -1.93. The molecule has 0 unspecified atom stereocenters. The van der Waals surface area contributed by atoms with E-state index >= 15 is 0 Å². The third-order valence-corrected chi connectivity index (χ3v) is 2.34. The van der Waals surface area contributed by atoms with E-state index in [1.165, 1.54) is 24.8 Å². The van der Waals surface area contributed by atoms with E-state index in [1.54, 1.807) is 0 Å². The van der Waals surface area contributed by atoms with Crippen molar-refractivity contribution in [2.24, 2.45) is 10.7 Å². The second kappa shape index (κ2) is 6.71. The van der Waals surface area contributed by atoms with E-state index < -0.39 is 0 Å². The predicted octanol–water partition coefficient (Wildman–Crippen LogP) is 1.66. The summed E-state index contributed by atoms with van der Waals surface area (Å²) in [5.74, 6) is 6.51. The molecule has 0 spiro atoms. The Hall–Kier alpha value is -3.13. The van der Waals surface area contributed by atoms with Crippen molar-refractivity contribution in [1.82, 2.24) is 9.97 Å². The number of hydrogen-bond acceptors (Lipinski definition) is 5. The van der Waals surface area contributed by atoms with Crippen LogP contribution in [0.4, 0.5) is 11.6 Å². The van der Waals surface area contributed by atoms with Gasteiger partial charge in [-0.3, -0.25) is 0 Å². The number of anilines is 1. The van der Waals surface area contributed by atoms with E-state index in [9.17, 15) is 0 Å². The van der Waals surface area contributed by atoms with Gasteiger partial charge < -0.3 is 11.5 Å². The predicted molar refractivity (Wildman–Crippen MR) is 80.2 cm³/mol. The summed E-state index contributed by atoms with van der Waals surface area (Å²) in [6, 6.07) is 9.61. The van der Waals surface area contributed by atoms with Crippen molar-refractivity contribution in [1.29, 1.82) is 0 Å². The Morgan fingerprint density at radius 3 is 2.60 bits per heavy atom. The molecule has 1 aromatic heterocycles. The van der Waals surface area contributed by atoms with Crippen molar-refractivity contribution in [2.75, 3.05) is 5.73 Å². The molecule has 5 heteroatoms. The van der Waals surface area contributed by atoms with Crippen LogP contribution >= 0.6 is 0 Å². The van der Waals surface area contributed by atoms with Gasteiger partial charge in [0.05, 0.1) is 5.57 Å². The summed E-state index contributed by atoms with van der Waals surface area (Å²) in [6.45, 7) is 0. The average Bonchev–Trinajstić information content (AvgIpc) is 2.50. The van der Waals surface area contributed by atoms with Crippen LogP contribution in [-0.4, -0.2) is 16.2 Å². The fourth-order valence-corrected chi connectivity index (χ4v) is 1.35. The van der Waals surface area contributed by atoms with E-state index in [0.717, 1.165) is 5.56 Å². The number of rotatable bonds is 2. The molecule has 0 bridgehead atoms. The fraction of sp³-hybridized carbons (Fsp3) is 0. The molecule has 2 rings (SSSR count). The highest BCUT2D eigenvalue weighted by atomic mass is 15.0. The van der Waals surface area contributed by atoms with Gasteiger partial charge in [0, 0.05) is 30.4 Å². The molecule has 0 saturated carbocycles. The molecule has 0 saturated heterocycles. The maximum Gasteiger partial charge on any atom is 0.195 e. The van der Waals surface area contributed by atoms with E-state index in [-0.39, 0.29) is 5.82 Å². The van der Waals surface area contributed by atoms with E-state index in [1.807, 2.05) is 30.3 Å². The first kappa shape index (κ1) is 13.3. The molecule has 0 aliphatic rings. The summed E-state index contributed by atoms with van der Waals surface area (Å²) in [4.78, 5) is 12.0. The minimum Gasteiger partial charge on any atom is -0.404 e. The molecule has 0 atom stereocenters. The Bertz CT molecular complexity index is 693. The van der Waals surface area contributed by atoms with Crippen LogP contribution in [0.5, 0.6) is 0 Å². The zero-order valence-corrected chi connectivity index (χ0v) is 10.7. The van der Waals surface area contributed by atoms with Crippen LogP contribution in [0.2, 0.25) is 0 Å². The van der Waals surface area contributed by atoms with E-state index in [2.05, 4.69) is 26.8 Å². The number of aromatic nitrogens is 2. The highest BCUT2D eigenvalue weighted by Crippen LogP contribution is 2.13. The summed E-state index contributed by atoms with van der Waals surface area (Å²) >= 11 is 0. The third kappa shape index (κ3) is 3.68. The molecule has 5 nitrogen and oxygen atoms in total. The first-order chi connectivity index (χ1) is 9.79. The summed E-state index contributed by atoms with van der Waals surface area (Å²) in [6.07, 6.45) is 5.91. The number of nitrogen functional groups attached to an aromatic ring is 1. The molecule has 0 aliphatic carbocycles. The number of aliphatic imine (C=N–C) groups is 1. The second-order valence-corrected chi connectivity index (χ2v) is 3.76. The van der Waals surface area contributed by atoms with Crippen LogP contribution in [0.15, 0.2) is 59.5 Å². The summed E-state index contributed by atoms with van der Waals surface area (Å²) < 4.78 is 0. The average molecular weight is 263 g/mol. The van der Waals surface area contributed by atoms with Crippen LogP contribution in [0, 0.1) is 11.8 Å². The quantitative estimate of drug-likeness (QED) is 0.636. The lowest BCUT2D eigenvalue weighted by Gasteiger charge is -1.95. The Morgan fingerprint density at radius 1 is 1.15 bits per heavy atom. The fourth-order valence-electron chi connectivity index (χ4n) is 1.35. The second-order valence-electron chi connectivity index (χ2n) is 3.76. The van der Waals surface area contributed by atoms with Crippen LogP contribution in [0.25, 0.3) is 0 Å². The van der Waals surface area contributed by atoms with Gasteiger partial charge in [-0.05, 0) is 12.1 Å². The van der Waals surface area contributed by atoms with Crippen molar-refractivity contribution >= 4 is 17.9 Å². The molecular weight excluding hydrogens is 250 g/mol. The van der Waals surface area contributed by atoms with Gasteiger partial charge in [0.1, 0.15) is 0 Å². The van der Waals surface area contributed by atoms with E-state index in [4.69, 9.17) is 11.5 Å². The van der Waals surface area contributed by atoms with Crippen LogP contribution in [0.3, 0.4) is 0 Å². The number of nitrogens with two attached hydrogens (primary N) is 2. The molecule has 0 fully saturated rings. The van der Waals surface area contributed by atoms with Crippen LogP contribution < -0.4 is 11.5 Å². The first-order valence-electron chi connectivity index (χ1n) is 5.89. The van der Waals surface area contributed by atoms with Crippen molar-refractivity contribution in [2.45, 2.75) is 0 Å². The van der Waals surface area contributed by atoms with Crippen molar-refractivity contribution in [3.63, 3.8) is 0 Å². The zero-order valence-electron chi connectivity index (χ0n) is 10.7. The third-order valence-electron chi connectivity index (χ3n) is 2.34. The van der Waals surface area contributed by atoms with Crippen LogP contribution in [0.1, 0.15) is 5.56 Å².